The first-order valence-corrected chi connectivity index (χ1v) is 8.39. The summed E-state index contributed by atoms with van der Waals surface area (Å²) in [5, 5.41) is 6.58. The first-order chi connectivity index (χ1) is 11.6. The minimum atomic E-state index is -0.0402. The third-order valence-corrected chi connectivity index (χ3v) is 5.09. The van der Waals surface area contributed by atoms with Gasteiger partial charge in [0, 0.05) is 11.5 Å². The average Bonchev–Trinajstić information content (AvgIpc) is 3.15. The molecule has 1 N–H and O–H groups in total. The lowest BCUT2D eigenvalue weighted by Crippen LogP contribution is -2.44. The molecule has 0 saturated carbocycles. The van der Waals surface area contributed by atoms with Crippen molar-refractivity contribution in [1.82, 2.24) is 10.1 Å². The summed E-state index contributed by atoms with van der Waals surface area (Å²) in [7, 11) is 0. The quantitative estimate of drug-likeness (QED) is 0.943. The lowest BCUT2D eigenvalue weighted by molar-refractivity contribution is -0.117. The SMILES string of the molecule is Cc1cc(NC(=O)CN2CCC3(C=Cc4ccccc43)CC2)no1. The van der Waals surface area contributed by atoms with Crippen molar-refractivity contribution in [2.24, 2.45) is 0 Å². The van der Waals surface area contributed by atoms with Gasteiger partial charge in [-0.05, 0) is 44.0 Å². The summed E-state index contributed by atoms with van der Waals surface area (Å²) in [5.74, 6) is 1.14. The number of aryl methyl sites for hydroxylation is 1. The number of anilines is 1. The van der Waals surface area contributed by atoms with Gasteiger partial charge in [-0.15, -0.1) is 0 Å². The van der Waals surface area contributed by atoms with E-state index in [1.165, 1.54) is 11.1 Å². The Morgan fingerprint density at radius 3 is 2.88 bits per heavy atom. The third-order valence-electron chi connectivity index (χ3n) is 5.09. The Hall–Kier alpha value is -2.40. The molecule has 1 spiro atoms. The number of aromatic nitrogens is 1. The summed E-state index contributed by atoms with van der Waals surface area (Å²) in [6, 6.07) is 10.4. The molecule has 124 valence electrons. The van der Waals surface area contributed by atoms with Gasteiger partial charge in [0.25, 0.3) is 0 Å². The molecule has 24 heavy (non-hydrogen) atoms. The van der Waals surface area contributed by atoms with Crippen molar-refractivity contribution < 1.29 is 9.32 Å². The zero-order valence-electron chi connectivity index (χ0n) is 13.8. The first-order valence-electron chi connectivity index (χ1n) is 8.39. The van der Waals surface area contributed by atoms with E-state index in [0.717, 1.165) is 25.9 Å². The van der Waals surface area contributed by atoms with E-state index in [4.69, 9.17) is 4.52 Å². The van der Waals surface area contributed by atoms with Crippen LogP contribution in [0.2, 0.25) is 0 Å². The third kappa shape index (κ3) is 2.76. The number of rotatable bonds is 3. The molecule has 1 aromatic heterocycles. The maximum absolute atomic E-state index is 12.2. The molecule has 0 radical (unpaired) electrons. The molecule has 4 rings (SSSR count). The van der Waals surface area contributed by atoms with E-state index in [1.54, 1.807) is 13.0 Å². The number of likely N-dealkylation sites (tertiary alicyclic amines) is 1. The number of carbonyl (C=O) groups is 1. The van der Waals surface area contributed by atoms with Gasteiger partial charge in [0.15, 0.2) is 5.82 Å². The lowest BCUT2D eigenvalue weighted by atomic mass is 9.74. The summed E-state index contributed by atoms with van der Waals surface area (Å²) in [6.07, 6.45) is 6.70. The fraction of sp³-hybridized carbons (Fsp3) is 0.368. The molecule has 1 fully saturated rings. The minimum Gasteiger partial charge on any atom is -0.360 e. The van der Waals surface area contributed by atoms with E-state index < -0.39 is 0 Å². The molecule has 1 aromatic carbocycles. The summed E-state index contributed by atoms with van der Waals surface area (Å²) in [4.78, 5) is 14.4. The van der Waals surface area contributed by atoms with Gasteiger partial charge in [-0.25, -0.2) is 0 Å². The smallest absolute Gasteiger partial charge is 0.239 e. The Morgan fingerprint density at radius 1 is 1.33 bits per heavy atom. The van der Waals surface area contributed by atoms with E-state index in [-0.39, 0.29) is 11.3 Å². The molecular formula is C19H21N3O2. The zero-order valence-corrected chi connectivity index (χ0v) is 13.8. The number of piperidine rings is 1. The number of amides is 1. The van der Waals surface area contributed by atoms with Gasteiger partial charge in [-0.3, -0.25) is 9.69 Å². The van der Waals surface area contributed by atoms with Crippen LogP contribution in [0.15, 0.2) is 40.9 Å². The van der Waals surface area contributed by atoms with Gasteiger partial charge in [-0.1, -0.05) is 41.6 Å². The fourth-order valence-electron chi connectivity index (χ4n) is 3.79. The number of hydrogen-bond donors (Lipinski definition) is 1. The van der Waals surface area contributed by atoms with Crippen molar-refractivity contribution in [1.29, 1.82) is 0 Å². The summed E-state index contributed by atoms with van der Waals surface area (Å²) >= 11 is 0. The summed E-state index contributed by atoms with van der Waals surface area (Å²) in [6.45, 7) is 4.04. The number of benzene rings is 1. The van der Waals surface area contributed by atoms with Gasteiger partial charge >= 0.3 is 0 Å². The summed E-state index contributed by atoms with van der Waals surface area (Å²) in [5.41, 5.74) is 2.93. The molecule has 2 heterocycles. The van der Waals surface area contributed by atoms with E-state index in [2.05, 4.69) is 51.8 Å². The van der Waals surface area contributed by atoms with Crippen LogP contribution in [0.4, 0.5) is 5.82 Å². The predicted octanol–water partition coefficient (Wildman–Crippen LogP) is 2.98. The molecule has 1 saturated heterocycles. The van der Waals surface area contributed by atoms with E-state index in [1.807, 2.05) is 0 Å². The minimum absolute atomic E-state index is 0.0402. The number of fused-ring (bicyclic) bond motifs is 2. The second kappa shape index (κ2) is 5.91. The topological polar surface area (TPSA) is 58.4 Å². The summed E-state index contributed by atoms with van der Waals surface area (Å²) < 4.78 is 4.97. The number of carbonyl (C=O) groups excluding carboxylic acids is 1. The molecule has 0 bridgehead atoms. The van der Waals surface area contributed by atoms with Gasteiger partial charge in [-0.2, -0.15) is 0 Å². The van der Waals surface area contributed by atoms with Gasteiger partial charge < -0.3 is 9.84 Å². The number of allylic oxidation sites excluding steroid dienone is 1. The molecule has 1 aliphatic heterocycles. The molecule has 5 heteroatoms. The first kappa shape index (κ1) is 15.1. The van der Waals surface area contributed by atoms with Crippen molar-refractivity contribution in [2.75, 3.05) is 25.0 Å². The van der Waals surface area contributed by atoms with Gasteiger partial charge in [0.1, 0.15) is 5.76 Å². The normalized spacial score (nSPS) is 18.7. The molecule has 1 aliphatic carbocycles. The van der Waals surface area contributed by atoms with Crippen molar-refractivity contribution >= 4 is 17.8 Å². The predicted molar refractivity (Wildman–Crippen MR) is 92.7 cm³/mol. The molecule has 0 atom stereocenters. The zero-order chi connectivity index (χ0) is 16.6. The lowest BCUT2D eigenvalue weighted by Gasteiger charge is -2.39. The molecule has 2 aliphatic rings. The number of nitrogens with zero attached hydrogens (tertiary/aromatic N) is 2. The van der Waals surface area contributed by atoms with Crippen molar-refractivity contribution in [3.8, 4) is 0 Å². The van der Waals surface area contributed by atoms with Crippen LogP contribution < -0.4 is 5.32 Å². The van der Waals surface area contributed by atoms with Crippen LogP contribution in [-0.2, 0) is 10.2 Å². The van der Waals surface area contributed by atoms with Crippen LogP contribution in [0.3, 0.4) is 0 Å². The maximum Gasteiger partial charge on any atom is 0.239 e. The molecule has 0 unspecified atom stereocenters. The standard InChI is InChI=1S/C19H21N3O2/c1-14-12-17(21-24-14)20-18(23)13-22-10-8-19(9-11-22)7-6-15-4-2-3-5-16(15)19/h2-7,12H,8-11,13H2,1H3,(H,20,21,23). The highest BCUT2D eigenvalue weighted by Gasteiger charge is 2.37. The van der Waals surface area contributed by atoms with E-state index in [0.29, 0.717) is 18.1 Å². The van der Waals surface area contributed by atoms with Crippen molar-refractivity contribution in [3.05, 3.63) is 53.3 Å². The molecule has 2 aromatic rings. The van der Waals surface area contributed by atoms with E-state index in [9.17, 15) is 4.79 Å². The van der Waals surface area contributed by atoms with Gasteiger partial charge in [0.2, 0.25) is 5.91 Å². The van der Waals surface area contributed by atoms with Crippen LogP contribution >= 0.6 is 0 Å². The van der Waals surface area contributed by atoms with Crippen LogP contribution in [0.1, 0.15) is 29.7 Å². The monoisotopic (exact) mass is 323 g/mol. The highest BCUT2D eigenvalue weighted by molar-refractivity contribution is 5.91. The van der Waals surface area contributed by atoms with Crippen LogP contribution in [-0.4, -0.2) is 35.6 Å². The molecular weight excluding hydrogens is 302 g/mol. The van der Waals surface area contributed by atoms with Crippen molar-refractivity contribution in [2.45, 2.75) is 25.2 Å². The number of hydrogen-bond acceptors (Lipinski definition) is 4. The highest BCUT2D eigenvalue weighted by Crippen LogP contribution is 2.43. The Balaban J connectivity index is 1.35. The average molecular weight is 323 g/mol. The number of nitrogens with one attached hydrogen (secondary N) is 1. The molecule has 5 nitrogen and oxygen atoms in total. The second-order valence-electron chi connectivity index (χ2n) is 6.72. The molecule has 1 amide bonds. The maximum atomic E-state index is 12.2. The van der Waals surface area contributed by atoms with Crippen LogP contribution in [0, 0.1) is 6.92 Å². The Kier molecular flexibility index (Phi) is 3.73. The largest absolute Gasteiger partial charge is 0.360 e. The van der Waals surface area contributed by atoms with Gasteiger partial charge in [0.05, 0.1) is 6.54 Å². The Labute approximate surface area is 141 Å². The Morgan fingerprint density at radius 2 is 2.12 bits per heavy atom. The van der Waals surface area contributed by atoms with Crippen LogP contribution in [0.25, 0.3) is 6.08 Å². The van der Waals surface area contributed by atoms with Crippen LogP contribution in [0.5, 0.6) is 0 Å². The van der Waals surface area contributed by atoms with E-state index >= 15 is 0 Å². The Bertz CT molecular complexity index is 785. The van der Waals surface area contributed by atoms with Crippen molar-refractivity contribution in [3.63, 3.8) is 0 Å². The fourth-order valence-corrected chi connectivity index (χ4v) is 3.79. The second-order valence-corrected chi connectivity index (χ2v) is 6.72. The highest BCUT2D eigenvalue weighted by atomic mass is 16.5.